The summed E-state index contributed by atoms with van der Waals surface area (Å²) in [4.78, 5) is 28.6. The van der Waals surface area contributed by atoms with Crippen LogP contribution in [0.25, 0.3) is 11.2 Å². The summed E-state index contributed by atoms with van der Waals surface area (Å²) >= 11 is 0. The number of rotatable bonds is 5. The number of imidazole rings is 1. The van der Waals surface area contributed by atoms with E-state index < -0.39 is 28.2 Å². The summed E-state index contributed by atoms with van der Waals surface area (Å²) in [6.45, 7) is 0.0921. The first-order valence-electron chi connectivity index (χ1n) is 9.22. The van der Waals surface area contributed by atoms with Gasteiger partial charge in [0.05, 0.1) is 10.4 Å². The zero-order valence-electron chi connectivity index (χ0n) is 15.5. The van der Waals surface area contributed by atoms with Gasteiger partial charge in [0, 0.05) is 25.3 Å². The van der Waals surface area contributed by atoms with Crippen molar-refractivity contribution < 1.29 is 18.3 Å². The average Bonchev–Trinajstić information content (AvgIpc) is 3.00. The molecule has 9 nitrogen and oxygen atoms in total. The fourth-order valence-corrected chi connectivity index (χ4v) is 5.30. The molecule has 152 valence electrons. The summed E-state index contributed by atoms with van der Waals surface area (Å²) in [5.41, 5.74) is 0.438. The van der Waals surface area contributed by atoms with Crippen molar-refractivity contribution in [3.8, 4) is 0 Å². The molecule has 0 bridgehead atoms. The van der Waals surface area contributed by atoms with Crippen molar-refractivity contribution >= 4 is 27.2 Å². The van der Waals surface area contributed by atoms with Crippen molar-refractivity contribution in [1.82, 2.24) is 18.4 Å². The monoisotopic (exact) mass is 416 g/mol. The number of pyridine rings is 1. The third kappa shape index (κ3) is 3.45. The smallest absolute Gasteiger partial charge is 0.331 e. The first-order valence-corrected chi connectivity index (χ1v) is 10.7. The Kier molecular flexibility index (Phi) is 4.97. The van der Waals surface area contributed by atoms with E-state index in [1.54, 1.807) is 48.7 Å². The number of carbonyl (C=O) groups is 1. The van der Waals surface area contributed by atoms with Crippen LogP contribution in [-0.2, 0) is 21.4 Å². The number of fused-ring (bicyclic) bond motifs is 1. The lowest BCUT2D eigenvalue weighted by molar-refractivity contribution is -0.137. The number of benzene rings is 1. The van der Waals surface area contributed by atoms with Crippen molar-refractivity contribution in [3.63, 3.8) is 0 Å². The number of sulfonamides is 1. The molecular formula is C19H20N4O5S. The van der Waals surface area contributed by atoms with Crippen LogP contribution in [0.15, 0.2) is 58.4 Å². The van der Waals surface area contributed by atoms with Crippen molar-refractivity contribution in [1.29, 1.82) is 0 Å². The van der Waals surface area contributed by atoms with Crippen LogP contribution in [0.5, 0.6) is 0 Å². The Hall–Kier alpha value is -2.98. The number of hydrogen-bond donors (Lipinski definition) is 1. The van der Waals surface area contributed by atoms with E-state index in [0.29, 0.717) is 24.0 Å². The molecule has 1 fully saturated rings. The molecule has 0 atom stereocenters. The Labute approximate surface area is 166 Å². The van der Waals surface area contributed by atoms with Gasteiger partial charge in [0.25, 0.3) is 0 Å². The van der Waals surface area contributed by atoms with E-state index in [0.717, 1.165) is 0 Å². The highest BCUT2D eigenvalue weighted by Gasteiger charge is 2.32. The molecule has 0 unspecified atom stereocenters. The van der Waals surface area contributed by atoms with E-state index in [1.165, 1.54) is 13.4 Å². The topological polar surface area (TPSA) is 114 Å². The van der Waals surface area contributed by atoms with Crippen molar-refractivity contribution in [2.75, 3.05) is 13.1 Å². The molecular weight excluding hydrogens is 396 g/mol. The zero-order chi connectivity index (χ0) is 20.6. The summed E-state index contributed by atoms with van der Waals surface area (Å²) in [6.07, 6.45) is 2.43. The van der Waals surface area contributed by atoms with Crippen LogP contribution in [0.3, 0.4) is 0 Å². The van der Waals surface area contributed by atoms with Crippen LogP contribution in [-0.4, -0.2) is 51.0 Å². The minimum Gasteiger partial charge on any atom is -0.480 e. The van der Waals surface area contributed by atoms with Gasteiger partial charge in [-0.3, -0.25) is 13.9 Å². The maximum absolute atomic E-state index is 12.9. The molecule has 1 aromatic carbocycles. The number of piperidine rings is 1. The van der Waals surface area contributed by atoms with Gasteiger partial charge in [0.15, 0.2) is 5.65 Å². The van der Waals surface area contributed by atoms with Gasteiger partial charge in [-0.25, -0.2) is 18.2 Å². The summed E-state index contributed by atoms with van der Waals surface area (Å²) < 4.78 is 29.7. The van der Waals surface area contributed by atoms with Crippen molar-refractivity contribution in [2.45, 2.75) is 30.3 Å². The van der Waals surface area contributed by atoms with Crippen molar-refractivity contribution in [2.24, 2.45) is 0 Å². The number of hydrogen-bond acceptors (Lipinski definition) is 5. The molecule has 1 aliphatic heterocycles. The van der Waals surface area contributed by atoms with Gasteiger partial charge in [-0.1, -0.05) is 18.2 Å². The number of nitrogens with zero attached hydrogens (tertiary/aromatic N) is 4. The van der Waals surface area contributed by atoms with Gasteiger partial charge < -0.3 is 5.11 Å². The summed E-state index contributed by atoms with van der Waals surface area (Å²) in [5, 5.41) is 9.14. The number of aliphatic carboxylic acids is 1. The summed E-state index contributed by atoms with van der Waals surface area (Å²) in [5.74, 6) is -1.11. The lowest BCUT2D eigenvalue weighted by atomic mass is 10.1. The summed E-state index contributed by atoms with van der Waals surface area (Å²) in [6, 6.07) is 11.3. The van der Waals surface area contributed by atoms with E-state index >= 15 is 0 Å². The zero-order valence-corrected chi connectivity index (χ0v) is 16.3. The highest BCUT2D eigenvalue weighted by Crippen LogP contribution is 2.28. The van der Waals surface area contributed by atoms with Crippen LogP contribution in [0.4, 0.5) is 0 Å². The van der Waals surface area contributed by atoms with Crippen molar-refractivity contribution in [3.05, 3.63) is 59.1 Å². The molecule has 3 aromatic rings. The second-order valence-corrected chi connectivity index (χ2v) is 8.86. The normalized spacial score (nSPS) is 16.3. The predicted octanol–water partition coefficient (Wildman–Crippen LogP) is 1.31. The Morgan fingerprint density at radius 1 is 1.10 bits per heavy atom. The quantitative estimate of drug-likeness (QED) is 0.671. The minimum absolute atomic E-state index is 0.246. The largest absolute Gasteiger partial charge is 0.480 e. The summed E-state index contributed by atoms with van der Waals surface area (Å²) in [7, 11) is -3.58. The molecule has 4 rings (SSSR count). The third-order valence-electron chi connectivity index (χ3n) is 5.19. The standard InChI is InChI=1S/C19H20N4O5S/c24-17(25)13-22-16-7-4-10-20-18(16)23(19(22)26)14-8-11-21(12-9-14)29(27,28)15-5-2-1-3-6-15/h1-7,10,14H,8-9,11-13H2,(H,24,25). The molecule has 1 N–H and O–H groups in total. The van der Waals surface area contributed by atoms with E-state index in [9.17, 15) is 18.0 Å². The molecule has 29 heavy (non-hydrogen) atoms. The molecule has 0 radical (unpaired) electrons. The Morgan fingerprint density at radius 3 is 2.45 bits per heavy atom. The molecule has 2 aromatic heterocycles. The molecule has 3 heterocycles. The maximum atomic E-state index is 12.9. The van der Waals surface area contributed by atoms with Gasteiger partial charge in [-0.15, -0.1) is 0 Å². The third-order valence-corrected chi connectivity index (χ3v) is 7.10. The second kappa shape index (κ2) is 7.45. The van der Waals surface area contributed by atoms with Gasteiger partial charge in [-0.2, -0.15) is 4.31 Å². The highest BCUT2D eigenvalue weighted by atomic mass is 32.2. The number of aromatic nitrogens is 3. The van der Waals surface area contributed by atoms with Crippen LogP contribution in [0, 0.1) is 0 Å². The maximum Gasteiger partial charge on any atom is 0.331 e. The van der Waals surface area contributed by atoms with Gasteiger partial charge >= 0.3 is 11.7 Å². The van der Waals surface area contributed by atoms with Gasteiger partial charge in [0.2, 0.25) is 10.0 Å². The Bertz CT molecular complexity index is 1210. The fraction of sp³-hybridized carbons (Fsp3) is 0.316. The Morgan fingerprint density at radius 2 is 1.79 bits per heavy atom. The van der Waals surface area contributed by atoms with Crippen LogP contribution in [0.2, 0.25) is 0 Å². The average molecular weight is 416 g/mol. The van der Waals surface area contributed by atoms with Crippen LogP contribution in [0.1, 0.15) is 18.9 Å². The molecule has 10 heteroatoms. The van der Waals surface area contributed by atoms with Crippen LogP contribution < -0.4 is 5.69 Å². The number of carboxylic acid groups (broad SMARTS) is 1. The molecule has 1 saturated heterocycles. The first kappa shape index (κ1) is 19.3. The van der Waals surface area contributed by atoms with E-state index in [4.69, 9.17) is 5.11 Å². The van der Waals surface area contributed by atoms with Gasteiger partial charge in [-0.05, 0) is 37.1 Å². The van der Waals surface area contributed by atoms with Crippen LogP contribution >= 0.6 is 0 Å². The van der Waals surface area contributed by atoms with E-state index in [-0.39, 0.29) is 24.0 Å². The lowest BCUT2D eigenvalue weighted by Gasteiger charge is -2.31. The molecule has 0 amide bonds. The SMILES string of the molecule is O=C(O)Cn1c(=O)n(C2CCN(S(=O)(=O)c3ccccc3)CC2)c2ncccc21. The molecule has 0 spiro atoms. The molecule has 0 saturated carbocycles. The van der Waals surface area contributed by atoms with E-state index in [1.807, 2.05) is 0 Å². The highest BCUT2D eigenvalue weighted by molar-refractivity contribution is 7.89. The minimum atomic E-state index is -3.58. The predicted molar refractivity (Wildman–Crippen MR) is 105 cm³/mol. The van der Waals surface area contributed by atoms with E-state index in [2.05, 4.69) is 4.98 Å². The molecule has 1 aliphatic rings. The number of carboxylic acids is 1. The Balaban J connectivity index is 1.63. The molecule has 0 aliphatic carbocycles. The van der Waals surface area contributed by atoms with Gasteiger partial charge in [0.1, 0.15) is 6.54 Å². The second-order valence-electron chi connectivity index (χ2n) is 6.93. The lowest BCUT2D eigenvalue weighted by Crippen LogP contribution is -2.41. The fourth-order valence-electron chi connectivity index (χ4n) is 3.81. The first-order chi connectivity index (χ1) is 13.9.